The normalized spacial score (nSPS) is 12.1. The summed E-state index contributed by atoms with van der Waals surface area (Å²) in [5.41, 5.74) is 3.36. The zero-order valence-corrected chi connectivity index (χ0v) is 21.8. The Labute approximate surface area is 217 Å². The maximum atomic E-state index is 12.9. The van der Waals surface area contributed by atoms with Crippen molar-refractivity contribution in [1.29, 1.82) is 0 Å². The molecular weight excluding hydrogens is 478 g/mol. The van der Waals surface area contributed by atoms with Crippen molar-refractivity contribution in [3.8, 4) is 11.1 Å². The van der Waals surface area contributed by atoms with Gasteiger partial charge >= 0.3 is 12.1 Å². The second-order valence-corrected chi connectivity index (χ2v) is 9.95. The number of benzene rings is 3. The van der Waals surface area contributed by atoms with Crippen LogP contribution in [0.4, 0.5) is 4.79 Å². The minimum absolute atomic E-state index is 0.0770. The average molecular weight is 510 g/mol. The van der Waals surface area contributed by atoms with Gasteiger partial charge in [0.2, 0.25) is 0 Å². The van der Waals surface area contributed by atoms with Gasteiger partial charge in [-0.05, 0) is 73.7 Å². The highest BCUT2D eigenvalue weighted by Gasteiger charge is 2.24. The van der Waals surface area contributed by atoms with E-state index in [4.69, 9.17) is 21.1 Å². The van der Waals surface area contributed by atoms with Gasteiger partial charge in [-0.2, -0.15) is 0 Å². The molecule has 0 aliphatic heterocycles. The molecule has 3 aromatic rings. The summed E-state index contributed by atoms with van der Waals surface area (Å²) in [4.78, 5) is 26.2. The van der Waals surface area contributed by atoms with E-state index >= 15 is 0 Å². The molecule has 0 unspecified atom stereocenters. The quantitative estimate of drug-likeness (QED) is 0.360. The van der Waals surface area contributed by atoms with Crippen LogP contribution in [0.1, 0.15) is 48.4 Å². The van der Waals surface area contributed by atoms with Crippen LogP contribution in [0.2, 0.25) is 5.02 Å². The molecule has 0 aliphatic rings. The van der Waals surface area contributed by atoms with E-state index in [0.29, 0.717) is 29.1 Å². The van der Waals surface area contributed by atoms with Crippen molar-refractivity contribution < 1.29 is 24.2 Å². The maximum Gasteiger partial charge on any atom is 0.410 e. The molecule has 0 fully saturated rings. The molecule has 190 valence electrons. The van der Waals surface area contributed by atoms with E-state index in [0.717, 1.165) is 16.7 Å². The molecule has 0 saturated heterocycles. The SMILES string of the molecule is COC(=O)c1cccc(-c2ccc(CCN(C[C@H](O)c3cccc(Cl)c3)C(=O)OC(C)(C)C)cc2)c1. The summed E-state index contributed by atoms with van der Waals surface area (Å²) in [5, 5.41) is 11.3. The summed E-state index contributed by atoms with van der Waals surface area (Å²) in [6.07, 6.45) is -0.815. The molecule has 7 heteroatoms. The number of esters is 1. The Morgan fingerprint density at radius 3 is 2.31 bits per heavy atom. The predicted octanol–water partition coefficient (Wildman–Crippen LogP) is 6.31. The van der Waals surface area contributed by atoms with E-state index in [1.165, 1.54) is 12.0 Å². The van der Waals surface area contributed by atoms with Crippen molar-refractivity contribution in [3.05, 3.63) is 94.5 Å². The molecule has 0 aromatic heterocycles. The van der Waals surface area contributed by atoms with Crippen LogP contribution in [-0.4, -0.2) is 47.9 Å². The lowest BCUT2D eigenvalue weighted by atomic mass is 10.0. The Kier molecular flexibility index (Phi) is 9.13. The summed E-state index contributed by atoms with van der Waals surface area (Å²) in [7, 11) is 1.36. The summed E-state index contributed by atoms with van der Waals surface area (Å²) in [5.74, 6) is -0.379. The summed E-state index contributed by atoms with van der Waals surface area (Å²) in [6.45, 7) is 5.87. The Morgan fingerprint density at radius 1 is 0.972 bits per heavy atom. The molecule has 0 saturated carbocycles. The van der Waals surface area contributed by atoms with Gasteiger partial charge in [0.15, 0.2) is 0 Å². The first-order chi connectivity index (χ1) is 17.1. The second kappa shape index (κ2) is 12.1. The molecule has 0 spiro atoms. The van der Waals surface area contributed by atoms with Gasteiger partial charge in [0.1, 0.15) is 5.60 Å². The van der Waals surface area contributed by atoms with E-state index in [1.807, 2.05) is 57.2 Å². The monoisotopic (exact) mass is 509 g/mol. The fourth-order valence-electron chi connectivity index (χ4n) is 3.68. The first kappa shape index (κ1) is 27.2. The number of amides is 1. The number of methoxy groups -OCH3 is 1. The van der Waals surface area contributed by atoms with Gasteiger partial charge in [0.05, 0.1) is 25.3 Å². The Morgan fingerprint density at radius 2 is 1.67 bits per heavy atom. The van der Waals surface area contributed by atoms with Crippen molar-refractivity contribution in [2.75, 3.05) is 20.2 Å². The standard InChI is InChI=1S/C29H32ClNO5/c1-29(2,3)36-28(34)31(19-26(32)23-8-6-10-25(30)18-23)16-15-20-11-13-21(14-12-20)22-7-5-9-24(17-22)27(33)35-4/h5-14,17-18,26,32H,15-16,19H2,1-4H3/t26-/m0/s1. The summed E-state index contributed by atoms with van der Waals surface area (Å²) < 4.78 is 10.4. The van der Waals surface area contributed by atoms with E-state index in [-0.39, 0.29) is 12.5 Å². The molecule has 3 aromatic carbocycles. The molecule has 1 N–H and O–H groups in total. The van der Waals surface area contributed by atoms with Gasteiger partial charge in [-0.15, -0.1) is 0 Å². The largest absolute Gasteiger partial charge is 0.465 e. The number of aliphatic hydroxyl groups excluding tert-OH is 1. The second-order valence-electron chi connectivity index (χ2n) is 9.52. The third-order valence-electron chi connectivity index (χ3n) is 5.52. The number of aliphatic hydroxyl groups is 1. The topological polar surface area (TPSA) is 76.1 Å². The minimum atomic E-state index is -0.902. The fraction of sp³-hybridized carbons (Fsp3) is 0.310. The number of carbonyl (C=O) groups excluding carboxylic acids is 2. The van der Waals surface area contributed by atoms with E-state index in [9.17, 15) is 14.7 Å². The van der Waals surface area contributed by atoms with Crippen LogP contribution in [-0.2, 0) is 15.9 Å². The Hall–Kier alpha value is -3.35. The molecule has 1 atom stereocenters. The van der Waals surface area contributed by atoms with Crippen molar-refractivity contribution in [2.45, 2.75) is 38.9 Å². The maximum absolute atomic E-state index is 12.9. The molecule has 3 rings (SSSR count). The number of ether oxygens (including phenoxy) is 2. The molecule has 0 radical (unpaired) electrons. The van der Waals surface area contributed by atoms with Crippen molar-refractivity contribution in [3.63, 3.8) is 0 Å². The number of carbonyl (C=O) groups is 2. The van der Waals surface area contributed by atoms with Gasteiger partial charge in [0, 0.05) is 11.6 Å². The highest BCUT2D eigenvalue weighted by atomic mass is 35.5. The van der Waals surface area contributed by atoms with Gasteiger partial charge in [-0.1, -0.05) is 60.1 Å². The molecule has 0 bridgehead atoms. The van der Waals surface area contributed by atoms with Crippen LogP contribution in [0.25, 0.3) is 11.1 Å². The predicted molar refractivity (Wildman–Crippen MR) is 141 cm³/mol. The van der Waals surface area contributed by atoms with E-state index in [2.05, 4.69) is 0 Å². The number of hydrogen-bond donors (Lipinski definition) is 1. The summed E-state index contributed by atoms with van der Waals surface area (Å²) >= 11 is 6.07. The van der Waals surface area contributed by atoms with Crippen molar-refractivity contribution >= 4 is 23.7 Å². The highest BCUT2D eigenvalue weighted by molar-refractivity contribution is 6.30. The Balaban J connectivity index is 1.72. The van der Waals surface area contributed by atoms with Gasteiger partial charge < -0.3 is 19.5 Å². The molecule has 0 heterocycles. The molecule has 0 aliphatic carbocycles. The summed E-state index contributed by atoms with van der Waals surface area (Å²) in [6, 6.07) is 22.2. The van der Waals surface area contributed by atoms with Crippen molar-refractivity contribution in [1.82, 2.24) is 4.90 Å². The van der Waals surface area contributed by atoms with Crippen molar-refractivity contribution in [2.24, 2.45) is 0 Å². The number of nitrogens with zero attached hydrogens (tertiary/aromatic N) is 1. The van der Waals surface area contributed by atoms with Crippen LogP contribution in [0, 0.1) is 0 Å². The average Bonchev–Trinajstić information content (AvgIpc) is 2.85. The third kappa shape index (κ3) is 7.83. The van der Waals surface area contributed by atoms with Crippen LogP contribution < -0.4 is 0 Å². The van der Waals surface area contributed by atoms with Crippen LogP contribution >= 0.6 is 11.6 Å². The fourth-order valence-corrected chi connectivity index (χ4v) is 3.88. The van der Waals surface area contributed by atoms with Gasteiger partial charge in [0.25, 0.3) is 0 Å². The van der Waals surface area contributed by atoms with Crippen LogP contribution in [0.5, 0.6) is 0 Å². The van der Waals surface area contributed by atoms with Gasteiger partial charge in [-0.25, -0.2) is 9.59 Å². The number of halogens is 1. The molecular formula is C29H32ClNO5. The van der Waals surface area contributed by atoms with Crippen LogP contribution in [0.15, 0.2) is 72.8 Å². The lowest BCUT2D eigenvalue weighted by Gasteiger charge is -2.29. The highest BCUT2D eigenvalue weighted by Crippen LogP contribution is 2.23. The van der Waals surface area contributed by atoms with E-state index in [1.54, 1.807) is 36.4 Å². The first-order valence-corrected chi connectivity index (χ1v) is 12.1. The third-order valence-corrected chi connectivity index (χ3v) is 5.75. The lowest BCUT2D eigenvalue weighted by molar-refractivity contribution is 0.0147. The molecule has 1 amide bonds. The molecule has 36 heavy (non-hydrogen) atoms. The number of rotatable bonds is 8. The smallest absolute Gasteiger partial charge is 0.410 e. The Bertz CT molecular complexity index is 1190. The zero-order chi connectivity index (χ0) is 26.3. The van der Waals surface area contributed by atoms with Crippen LogP contribution in [0.3, 0.4) is 0 Å². The number of hydrogen-bond acceptors (Lipinski definition) is 5. The lowest BCUT2D eigenvalue weighted by Crippen LogP contribution is -2.40. The van der Waals surface area contributed by atoms with Gasteiger partial charge in [-0.3, -0.25) is 0 Å². The van der Waals surface area contributed by atoms with E-state index < -0.39 is 17.8 Å². The zero-order valence-electron chi connectivity index (χ0n) is 21.0. The first-order valence-electron chi connectivity index (χ1n) is 11.7. The minimum Gasteiger partial charge on any atom is -0.465 e. The molecule has 6 nitrogen and oxygen atoms in total.